The summed E-state index contributed by atoms with van der Waals surface area (Å²) >= 11 is 0. The number of aromatic nitrogens is 6. The summed E-state index contributed by atoms with van der Waals surface area (Å²) in [7, 11) is 1.97. The Kier molecular flexibility index (Phi) is 4.98. The number of hydrogen-bond acceptors (Lipinski definition) is 8. The van der Waals surface area contributed by atoms with Crippen molar-refractivity contribution >= 4 is 33.6 Å². The molecule has 3 aromatic heterocycles. The molecule has 0 amide bonds. The second-order valence-corrected chi connectivity index (χ2v) is 7.26. The Morgan fingerprint density at radius 1 is 1.00 bits per heavy atom. The molecule has 0 bridgehead atoms. The van der Waals surface area contributed by atoms with Crippen LogP contribution in [0.1, 0.15) is 12.5 Å². The van der Waals surface area contributed by atoms with Gasteiger partial charge in [0.15, 0.2) is 5.82 Å². The van der Waals surface area contributed by atoms with Crippen molar-refractivity contribution in [3.8, 4) is 17.5 Å². The fraction of sp³-hybridized carbons (Fsp3) is 0.174. The van der Waals surface area contributed by atoms with Gasteiger partial charge in [0, 0.05) is 18.8 Å². The van der Waals surface area contributed by atoms with Crippen LogP contribution >= 0.6 is 0 Å². The van der Waals surface area contributed by atoms with E-state index in [4.69, 9.17) is 9.47 Å². The minimum absolute atomic E-state index is 0.294. The fourth-order valence-electron chi connectivity index (χ4n) is 3.41. The van der Waals surface area contributed by atoms with E-state index in [0.29, 0.717) is 29.5 Å². The zero-order chi connectivity index (χ0) is 22.1. The maximum absolute atomic E-state index is 6.10. The second-order valence-electron chi connectivity index (χ2n) is 7.26. The number of benzene rings is 2. The summed E-state index contributed by atoms with van der Waals surface area (Å²) in [5, 5.41) is 3.31. The van der Waals surface area contributed by atoms with Crippen molar-refractivity contribution in [2.24, 2.45) is 7.05 Å². The molecule has 3 heterocycles. The lowest BCUT2D eigenvalue weighted by molar-refractivity contribution is 0.314. The number of nitrogens with zero attached hydrogens (tertiary/aromatic N) is 6. The zero-order valence-corrected chi connectivity index (χ0v) is 17.9. The summed E-state index contributed by atoms with van der Waals surface area (Å²) in [6.45, 7) is 4.36. The Balaban J connectivity index is 1.40. The Bertz CT molecular complexity index is 1430. The second kappa shape index (κ2) is 8.10. The maximum atomic E-state index is 6.10. The van der Waals surface area contributed by atoms with E-state index in [9.17, 15) is 0 Å². The molecule has 2 aromatic carbocycles. The van der Waals surface area contributed by atoms with Crippen molar-refractivity contribution in [1.29, 1.82) is 0 Å². The van der Waals surface area contributed by atoms with E-state index < -0.39 is 0 Å². The number of anilines is 2. The molecule has 5 aromatic rings. The molecule has 0 fully saturated rings. The van der Waals surface area contributed by atoms with Crippen molar-refractivity contribution in [3.63, 3.8) is 0 Å². The minimum atomic E-state index is 0.294. The van der Waals surface area contributed by atoms with Crippen LogP contribution in [0.25, 0.3) is 22.1 Å². The summed E-state index contributed by atoms with van der Waals surface area (Å²) in [5.74, 6) is 2.08. The molecule has 1 N–H and O–H groups in total. The molecule has 0 aliphatic heterocycles. The molecule has 0 atom stereocenters. The van der Waals surface area contributed by atoms with Gasteiger partial charge in [-0.1, -0.05) is 0 Å². The maximum Gasteiger partial charge on any atom is 0.317 e. The molecule has 0 radical (unpaired) electrons. The fourth-order valence-corrected chi connectivity index (χ4v) is 3.41. The molecule has 0 saturated carbocycles. The first-order valence-electron chi connectivity index (χ1n) is 10.2. The van der Waals surface area contributed by atoms with Crippen molar-refractivity contribution in [1.82, 2.24) is 29.5 Å². The van der Waals surface area contributed by atoms with E-state index in [1.54, 1.807) is 12.5 Å². The SMILES string of the molecule is CCOc1ncc2ncnc(Nc3ccc(Oc4ccc5c(c4)ncn5C)c(C)c3)c2n1. The highest BCUT2D eigenvalue weighted by Gasteiger charge is 2.10. The molecule has 0 spiro atoms. The van der Waals surface area contributed by atoms with Crippen LogP contribution in [0.3, 0.4) is 0 Å². The van der Waals surface area contributed by atoms with Gasteiger partial charge in [-0.2, -0.15) is 4.98 Å². The van der Waals surface area contributed by atoms with Crippen LogP contribution in [0.4, 0.5) is 11.5 Å². The van der Waals surface area contributed by atoms with Gasteiger partial charge in [0.2, 0.25) is 0 Å². The molecule has 9 heteroatoms. The van der Waals surface area contributed by atoms with Crippen LogP contribution in [0.15, 0.2) is 55.2 Å². The summed E-state index contributed by atoms with van der Waals surface area (Å²) in [4.78, 5) is 21.5. The van der Waals surface area contributed by atoms with Gasteiger partial charge in [-0.25, -0.2) is 19.9 Å². The molecule has 0 unspecified atom stereocenters. The van der Waals surface area contributed by atoms with Crippen LogP contribution < -0.4 is 14.8 Å². The number of ether oxygens (including phenoxy) is 2. The molecule has 5 rings (SSSR count). The molecule has 0 aliphatic carbocycles. The van der Waals surface area contributed by atoms with Crippen molar-refractivity contribution in [3.05, 3.63) is 60.8 Å². The summed E-state index contributed by atoms with van der Waals surface area (Å²) in [5.41, 5.74) is 5.00. The predicted octanol–water partition coefficient (Wildman–Crippen LogP) is 4.55. The summed E-state index contributed by atoms with van der Waals surface area (Å²) < 4.78 is 13.5. The van der Waals surface area contributed by atoms with Crippen LogP contribution in [-0.2, 0) is 7.05 Å². The highest BCUT2D eigenvalue weighted by atomic mass is 16.5. The summed E-state index contributed by atoms with van der Waals surface area (Å²) in [6.07, 6.45) is 4.90. The highest BCUT2D eigenvalue weighted by Crippen LogP contribution is 2.30. The van der Waals surface area contributed by atoms with Gasteiger partial charge in [0.25, 0.3) is 0 Å². The minimum Gasteiger partial charge on any atom is -0.464 e. The number of rotatable bonds is 6. The first-order valence-corrected chi connectivity index (χ1v) is 10.2. The quantitative estimate of drug-likeness (QED) is 0.421. The van der Waals surface area contributed by atoms with E-state index in [0.717, 1.165) is 33.8 Å². The van der Waals surface area contributed by atoms with Crippen molar-refractivity contribution in [2.75, 3.05) is 11.9 Å². The van der Waals surface area contributed by atoms with Gasteiger partial charge in [0.1, 0.15) is 28.9 Å². The Morgan fingerprint density at radius 2 is 1.91 bits per heavy atom. The van der Waals surface area contributed by atoms with Gasteiger partial charge in [-0.05, 0) is 49.7 Å². The number of hydrogen-bond donors (Lipinski definition) is 1. The van der Waals surface area contributed by atoms with Crippen LogP contribution in [0.5, 0.6) is 17.5 Å². The van der Waals surface area contributed by atoms with Crippen molar-refractivity contribution in [2.45, 2.75) is 13.8 Å². The first kappa shape index (κ1) is 19.7. The van der Waals surface area contributed by atoms with Crippen molar-refractivity contribution < 1.29 is 9.47 Å². The van der Waals surface area contributed by atoms with Crippen LogP contribution in [-0.4, -0.2) is 36.1 Å². The molecule has 32 heavy (non-hydrogen) atoms. The van der Waals surface area contributed by atoms with Gasteiger partial charge in [0.05, 0.1) is 30.2 Å². The largest absolute Gasteiger partial charge is 0.464 e. The van der Waals surface area contributed by atoms with Crippen LogP contribution in [0, 0.1) is 6.92 Å². The molecular formula is C23H21N7O2. The normalized spacial score (nSPS) is 11.1. The van der Waals surface area contributed by atoms with E-state index in [1.165, 1.54) is 6.33 Å². The highest BCUT2D eigenvalue weighted by molar-refractivity contribution is 5.86. The average Bonchev–Trinajstić information content (AvgIpc) is 3.16. The number of nitrogens with one attached hydrogen (secondary N) is 1. The Labute approximate surface area is 184 Å². The standard InChI is InChI=1S/C23H21N7O2/c1-4-31-23-24-11-18-21(29-23)22(26-12-25-18)28-15-5-8-20(14(2)9-15)32-16-6-7-19-17(10-16)27-13-30(19)3/h5-13H,4H2,1-3H3,(H,25,26,28). The van der Waals surface area contributed by atoms with E-state index in [2.05, 4.69) is 30.2 Å². The smallest absolute Gasteiger partial charge is 0.317 e. The average molecular weight is 427 g/mol. The number of imidazole rings is 1. The molecular weight excluding hydrogens is 406 g/mol. The van der Waals surface area contributed by atoms with Gasteiger partial charge in [-0.3, -0.25) is 0 Å². The van der Waals surface area contributed by atoms with Gasteiger partial charge < -0.3 is 19.4 Å². The van der Waals surface area contributed by atoms with Crippen LogP contribution in [0.2, 0.25) is 0 Å². The first-order chi connectivity index (χ1) is 15.6. The lowest BCUT2D eigenvalue weighted by Gasteiger charge is -2.12. The Hall–Kier alpha value is -4.27. The lowest BCUT2D eigenvalue weighted by Crippen LogP contribution is -2.02. The summed E-state index contributed by atoms with van der Waals surface area (Å²) in [6, 6.07) is 12.0. The third-order valence-electron chi connectivity index (χ3n) is 4.99. The third kappa shape index (κ3) is 3.76. The molecule has 160 valence electrons. The van der Waals surface area contributed by atoms with E-state index >= 15 is 0 Å². The zero-order valence-electron chi connectivity index (χ0n) is 17.9. The monoisotopic (exact) mass is 427 g/mol. The molecule has 0 aliphatic rings. The van der Waals surface area contributed by atoms with E-state index in [-0.39, 0.29) is 0 Å². The lowest BCUT2D eigenvalue weighted by atomic mass is 10.2. The number of fused-ring (bicyclic) bond motifs is 2. The van der Waals surface area contributed by atoms with E-state index in [1.807, 2.05) is 61.9 Å². The van der Waals surface area contributed by atoms with Gasteiger partial charge >= 0.3 is 6.01 Å². The Morgan fingerprint density at radius 3 is 2.75 bits per heavy atom. The topological polar surface area (TPSA) is 99.9 Å². The predicted molar refractivity (Wildman–Crippen MR) is 122 cm³/mol. The third-order valence-corrected chi connectivity index (χ3v) is 4.99. The van der Waals surface area contributed by atoms with Gasteiger partial charge in [-0.15, -0.1) is 0 Å². The molecule has 0 saturated heterocycles. The number of aryl methyl sites for hydroxylation is 2. The molecule has 9 nitrogen and oxygen atoms in total.